The number of amides is 1. The molecule has 1 saturated carbocycles. The van der Waals surface area contributed by atoms with Gasteiger partial charge in [0.15, 0.2) is 0 Å². The Morgan fingerprint density at radius 1 is 1.48 bits per heavy atom. The highest BCUT2D eigenvalue weighted by Gasteiger charge is 2.27. The Morgan fingerprint density at radius 2 is 2.19 bits per heavy atom. The van der Waals surface area contributed by atoms with Crippen LogP contribution in [0.1, 0.15) is 73.2 Å². The highest BCUT2D eigenvalue weighted by atomic mass is 32.1. The number of carbonyl (C=O) groups excluding carboxylic acids is 1. The predicted octanol–water partition coefficient (Wildman–Crippen LogP) is 3.17. The van der Waals surface area contributed by atoms with Crippen molar-refractivity contribution in [2.45, 2.75) is 63.8 Å². The summed E-state index contributed by atoms with van der Waals surface area (Å²) in [5, 5.41) is 11.8. The van der Waals surface area contributed by atoms with Crippen LogP contribution < -0.4 is 5.32 Å². The molecule has 0 radical (unpaired) electrons. The van der Waals surface area contributed by atoms with Gasteiger partial charge in [0.25, 0.3) is 5.91 Å². The Balaban J connectivity index is 2.05. The number of nitrogens with one attached hydrogen (secondary N) is 1. The Hall–Kier alpha value is -1.43. The minimum absolute atomic E-state index is 0.289. The van der Waals surface area contributed by atoms with Gasteiger partial charge in [-0.15, -0.1) is 11.3 Å². The van der Waals surface area contributed by atoms with Gasteiger partial charge < -0.3 is 10.4 Å². The fourth-order valence-corrected chi connectivity index (χ4v) is 3.58. The van der Waals surface area contributed by atoms with Crippen LogP contribution in [-0.4, -0.2) is 28.0 Å². The molecule has 1 aliphatic rings. The fourth-order valence-electron chi connectivity index (χ4n) is 2.80. The van der Waals surface area contributed by atoms with Gasteiger partial charge in [0.05, 0.1) is 11.2 Å². The van der Waals surface area contributed by atoms with E-state index in [1.54, 1.807) is 5.51 Å². The summed E-state index contributed by atoms with van der Waals surface area (Å²) in [6, 6.07) is -0.809. The second-order valence-electron chi connectivity index (χ2n) is 5.55. The zero-order valence-electron chi connectivity index (χ0n) is 12.3. The van der Waals surface area contributed by atoms with E-state index in [0.717, 1.165) is 31.4 Å². The average molecular weight is 310 g/mol. The van der Waals surface area contributed by atoms with Crippen LogP contribution in [0.15, 0.2) is 5.51 Å². The summed E-state index contributed by atoms with van der Waals surface area (Å²) >= 11 is 1.31. The lowest BCUT2D eigenvalue weighted by atomic mass is 10.0. The van der Waals surface area contributed by atoms with Crippen LogP contribution >= 0.6 is 11.3 Å². The number of aromatic nitrogens is 1. The number of hydrogen-bond donors (Lipinski definition) is 2. The van der Waals surface area contributed by atoms with Gasteiger partial charge in [0, 0.05) is 5.92 Å². The van der Waals surface area contributed by atoms with Crippen molar-refractivity contribution in [2.24, 2.45) is 0 Å². The number of rotatable bonds is 7. The minimum atomic E-state index is -0.969. The third kappa shape index (κ3) is 4.03. The molecular weight excluding hydrogens is 288 g/mol. The molecule has 5 nitrogen and oxygen atoms in total. The lowest BCUT2D eigenvalue weighted by Gasteiger charge is -2.15. The zero-order chi connectivity index (χ0) is 15.2. The summed E-state index contributed by atoms with van der Waals surface area (Å²) in [5.74, 6) is -0.900. The number of carboxylic acids is 1. The van der Waals surface area contributed by atoms with Crippen molar-refractivity contribution in [1.29, 1.82) is 0 Å². The van der Waals surface area contributed by atoms with Crippen molar-refractivity contribution in [1.82, 2.24) is 10.3 Å². The van der Waals surface area contributed by atoms with Gasteiger partial charge in [-0.2, -0.15) is 0 Å². The van der Waals surface area contributed by atoms with E-state index in [4.69, 9.17) is 0 Å². The van der Waals surface area contributed by atoms with E-state index in [9.17, 15) is 14.7 Å². The Morgan fingerprint density at radius 3 is 2.81 bits per heavy atom. The maximum atomic E-state index is 12.4. The maximum Gasteiger partial charge on any atom is 0.326 e. The third-order valence-corrected chi connectivity index (χ3v) is 4.83. The van der Waals surface area contributed by atoms with Gasteiger partial charge in [0.2, 0.25) is 0 Å². The number of hydrogen-bond acceptors (Lipinski definition) is 4. The average Bonchev–Trinajstić information content (AvgIpc) is 3.11. The molecule has 1 aliphatic carbocycles. The van der Waals surface area contributed by atoms with Crippen LogP contribution in [0.5, 0.6) is 0 Å². The highest BCUT2D eigenvalue weighted by molar-refractivity contribution is 7.11. The number of aliphatic carboxylic acids is 1. The molecule has 0 unspecified atom stereocenters. The van der Waals surface area contributed by atoms with E-state index in [0.29, 0.717) is 17.2 Å². The quantitative estimate of drug-likeness (QED) is 0.810. The largest absolute Gasteiger partial charge is 0.480 e. The Bertz CT molecular complexity index is 495. The molecule has 2 N–H and O–H groups in total. The zero-order valence-corrected chi connectivity index (χ0v) is 13.1. The SMILES string of the molecule is CCCC[C@H](NC(=O)c1scnc1C1CCCC1)C(=O)O. The summed E-state index contributed by atoms with van der Waals surface area (Å²) < 4.78 is 0. The summed E-state index contributed by atoms with van der Waals surface area (Å²) in [4.78, 5) is 28.5. The monoisotopic (exact) mass is 310 g/mol. The van der Waals surface area contributed by atoms with Crippen molar-refractivity contribution in [3.8, 4) is 0 Å². The first-order chi connectivity index (χ1) is 10.1. The fraction of sp³-hybridized carbons (Fsp3) is 0.667. The molecular formula is C15H22N2O3S. The molecule has 21 heavy (non-hydrogen) atoms. The molecule has 2 rings (SSSR count). The predicted molar refractivity (Wildman–Crippen MR) is 81.7 cm³/mol. The van der Waals surface area contributed by atoms with E-state index in [-0.39, 0.29) is 5.91 Å². The van der Waals surface area contributed by atoms with E-state index < -0.39 is 12.0 Å². The minimum Gasteiger partial charge on any atom is -0.480 e. The third-order valence-electron chi connectivity index (χ3n) is 3.99. The Kier molecular flexibility index (Phi) is 5.73. The van der Waals surface area contributed by atoms with E-state index >= 15 is 0 Å². The number of carboxylic acid groups (broad SMARTS) is 1. The molecule has 1 fully saturated rings. The van der Waals surface area contributed by atoms with Crippen molar-refractivity contribution >= 4 is 23.2 Å². The van der Waals surface area contributed by atoms with Crippen LogP contribution in [0.3, 0.4) is 0 Å². The molecule has 1 atom stereocenters. The summed E-state index contributed by atoms with van der Waals surface area (Å²) in [5.41, 5.74) is 2.54. The van der Waals surface area contributed by atoms with Crippen LogP contribution in [-0.2, 0) is 4.79 Å². The highest BCUT2D eigenvalue weighted by Crippen LogP contribution is 2.36. The van der Waals surface area contributed by atoms with Gasteiger partial charge in [-0.3, -0.25) is 4.79 Å². The molecule has 0 spiro atoms. The molecule has 0 aromatic carbocycles. The second kappa shape index (κ2) is 7.54. The van der Waals surface area contributed by atoms with Crippen LogP contribution in [0.2, 0.25) is 0 Å². The van der Waals surface area contributed by atoms with Gasteiger partial charge in [0.1, 0.15) is 10.9 Å². The van der Waals surface area contributed by atoms with Crippen molar-refractivity contribution in [3.05, 3.63) is 16.1 Å². The number of carbonyl (C=O) groups is 2. The lowest BCUT2D eigenvalue weighted by Crippen LogP contribution is -2.40. The number of thiazole rings is 1. The Labute approximate surface area is 128 Å². The standard InChI is InChI=1S/C15H22N2O3S/c1-2-3-8-11(15(19)20)17-14(18)13-12(16-9-21-13)10-6-4-5-7-10/h9-11H,2-8H2,1H3,(H,17,18)(H,19,20)/t11-/m0/s1. The first-order valence-electron chi connectivity index (χ1n) is 7.60. The second-order valence-corrected chi connectivity index (χ2v) is 6.41. The van der Waals surface area contributed by atoms with E-state index in [1.165, 1.54) is 24.2 Å². The molecule has 116 valence electrons. The van der Waals surface area contributed by atoms with Gasteiger partial charge in [-0.05, 0) is 19.3 Å². The van der Waals surface area contributed by atoms with Crippen molar-refractivity contribution in [3.63, 3.8) is 0 Å². The lowest BCUT2D eigenvalue weighted by molar-refractivity contribution is -0.139. The maximum absolute atomic E-state index is 12.4. The number of unbranched alkanes of at least 4 members (excludes halogenated alkanes) is 1. The van der Waals surface area contributed by atoms with Crippen LogP contribution in [0.25, 0.3) is 0 Å². The van der Waals surface area contributed by atoms with E-state index in [1.807, 2.05) is 6.92 Å². The summed E-state index contributed by atoms with van der Waals surface area (Å²) in [6.07, 6.45) is 6.66. The van der Waals surface area contributed by atoms with Gasteiger partial charge in [-0.25, -0.2) is 9.78 Å². The molecule has 0 saturated heterocycles. The van der Waals surface area contributed by atoms with Crippen LogP contribution in [0, 0.1) is 0 Å². The topological polar surface area (TPSA) is 79.3 Å². The smallest absolute Gasteiger partial charge is 0.326 e. The van der Waals surface area contributed by atoms with Gasteiger partial charge in [-0.1, -0.05) is 32.6 Å². The summed E-state index contributed by atoms with van der Waals surface area (Å²) in [7, 11) is 0. The first-order valence-corrected chi connectivity index (χ1v) is 8.48. The van der Waals surface area contributed by atoms with Crippen molar-refractivity contribution < 1.29 is 14.7 Å². The molecule has 0 aliphatic heterocycles. The molecule has 0 bridgehead atoms. The van der Waals surface area contributed by atoms with Gasteiger partial charge >= 0.3 is 5.97 Å². The number of nitrogens with zero attached hydrogens (tertiary/aromatic N) is 1. The molecule has 6 heteroatoms. The molecule has 1 aromatic rings. The normalized spacial score (nSPS) is 16.8. The molecule has 1 heterocycles. The van der Waals surface area contributed by atoms with Crippen molar-refractivity contribution in [2.75, 3.05) is 0 Å². The first kappa shape index (κ1) is 15.9. The summed E-state index contributed by atoms with van der Waals surface area (Å²) in [6.45, 7) is 2.00. The molecule has 1 aromatic heterocycles. The van der Waals surface area contributed by atoms with Crippen LogP contribution in [0.4, 0.5) is 0 Å². The van der Waals surface area contributed by atoms with E-state index in [2.05, 4.69) is 10.3 Å². The molecule has 1 amide bonds.